The van der Waals surface area contributed by atoms with Gasteiger partial charge in [0.05, 0.1) is 26.6 Å². The average molecular weight is 347 g/mol. The van der Waals surface area contributed by atoms with Gasteiger partial charge in [-0.15, -0.1) is 0 Å². The molecule has 1 aromatic carbocycles. The zero-order valence-electron chi connectivity index (χ0n) is 14.3. The molecule has 24 heavy (non-hydrogen) atoms. The maximum atomic E-state index is 14.5. The van der Waals surface area contributed by atoms with Crippen LogP contribution < -0.4 is 16.2 Å². The summed E-state index contributed by atoms with van der Waals surface area (Å²) in [6.45, 7) is 6.72. The predicted molar refractivity (Wildman–Crippen MR) is 96.1 cm³/mol. The molecule has 128 valence electrons. The molecular formula is C17H22FN3O2Si. The fraction of sp³-hybridized carbons (Fsp3) is 0.294. The fourth-order valence-corrected chi connectivity index (χ4v) is 3.35. The van der Waals surface area contributed by atoms with Crippen molar-refractivity contribution in [2.24, 2.45) is 5.73 Å². The number of nitrogens with zero attached hydrogens (tertiary/aromatic N) is 1. The lowest BCUT2D eigenvalue weighted by Crippen LogP contribution is -2.37. The molecule has 0 unspecified atom stereocenters. The van der Waals surface area contributed by atoms with Crippen molar-refractivity contribution in [3.63, 3.8) is 0 Å². The number of anilines is 2. The number of benzene rings is 1. The van der Waals surface area contributed by atoms with Crippen LogP contribution in [0.1, 0.15) is 16.1 Å². The molecule has 3 N–H and O–H groups in total. The third-order valence-corrected chi connectivity index (χ3v) is 5.71. The van der Waals surface area contributed by atoms with Gasteiger partial charge in [0.1, 0.15) is 5.82 Å². The SMILES string of the molecule is COC(=O)c1ncc(CN)cc1Nc1ccc([Si](C)(C)C)cc1F. The molecule has 0 saturated carbocycles. The summed E-state index contributed by atoms with van der Waals surface area (Å²) in [5, 5.41) is 3.95. The molecule has 2 aromatic rings. The fourth-order valence-electron chi connectivity index (χ4n) is 2.20. The number of nitrogens with one attached hydrogen (secondary N) is 1. The summed E-state index contributed by atoms with van der Waals surface area (Å²) in [6.07, 6.45) is 1.50. The molecule has 0 saturated heterocycles. The van der Waals surface area contributed by atoms with E-state index in [0.29, 0.717) is 5.69 Å². The van der Waals surface area contributed by atoms with E-state index in [9.17, 15) is 9.18 Å². The molecule has 1 aromatic heterocycles. The van der Waals surface area contributed by atoms with E-state index in [2.05, 4.69) is 29.9 Å². The normalized spacial score (nSPS) is 11.2. The van der Waals surface area contributed by atoms with Crippen LogP contribution in [-0.4, -0.2) is 26.1 Å². The number of methoxy groups -OCH3 is 1. The molecule has 0 aliphatic carbocycles. The lowest BCUT2D eigenvalue weighted by molar-refractivity contribution is 0.0595. The second-order valence-corrected chi connectivity index (χ2v) is 11.6. The Hall–Kier alpha value is -2.25. The first kappa shape index (κ1) is 18.1. The third kappa shape index (κ3) is 3.98. The third-order valence-electron chi connectivity index (χ3n) is 3.66. The van der Waals surface area contributed by atoms with Crippen LogP contribution in [0.25, 0.3) is 0 Å². The molecule has 0 aliphatic heterocycles. The summed E-state index contributed by atoms with van der Waals surface area (Å²) >= 11 is 0. The number of esters is 1. The predicted octanol–water partition coefficient (Wildman–Crippen LogP) is 2.75. The van der Waals surface area contributed by atoms with Crippen molar-refractivity contribution in [2.45, 2.75) is 26.2 Å². The topological polar surface area (TPSA) is 77.2 Å². The molecule has 0 radical (unpaired) electrons. The molecule has 0 aliphatic rings. The first-order valence-corrected chi connectivity index (χ1v) is 11.1. The summed E-state index contributed by atoms with van der Waals surface area (Å²) in [6, 6.07) is 6.81. The molecule has 0 bridgehead atoms. The van der Waals surface area contributed by atoms with E-state index in [4.69, 9.17) is 10.5 Å². The van der Waals surface area contributed by atoms with E-state index < -0.39 is 14.0 Å². The molecule has 0 fully saturated rings. The minimum atomic E-state index is -1.60. The second kappa shape index (κ2) is 7.10. The summed E-state index contributed by atoms with van der Waals surface area (Å²) < 4.78 is 19.2. The molecule has 7 heteroatoms. The first-order chi connectivity index (χ1) is 11.3. The Morgan fingerprint density at radius 1 is 1.29 bits per heavy atom. The van der Waals surface area contributed by atoms with E-state index in [1.165, 1.54) is 13.3 Å². The number of aromatic nitrogens is 1. The van der Waals surface area contributed by atoms with E-state index >= 15 is 0 Å². The number of carbonyl (C=O) groups excluding carboxylic acids is 1. The number of hydrogen-bond acceptors (Lipinski definition) is 5. The van der Waals surface area contributed by atoms with Crippen LogP contribution in [0, 0.1) is 5.82 Å². The highest BCUT2D eigenvalue weighted by atomic mass is 28.3. The number of ether oxygens (including phenoxy) is 1. The van der Waals surface area contributed by atoms with Crippen LogP contribution in [0.5, 0.6) is 0 Å². The van der Waals surface area contributed by atoms with Gasteiger partial charge in [-0.05, 0) is 23.8 Å². The van der Waals surface area contributed by atoms with Crippen molar-refractivity contribution < 1.29 is 13.9 Å². The summed E-state index contributed by atoms with van der Waals surface area (Å²) in [4.78, 5) is 15.9. The highest BCUT2D eigenvalue weighted by Gasteiger charge is 2.19. The van der Waals surface area contributed by atoms with Gasteiger partial charge in [0.2, 0.25) is 0 Å². The Morgan fingerprint density at radius 3 is 2.54 bits per heavy atom. The number of rotatable bonds is 5. The number of hydrogen-bond donors (Lipinski definition) is 2. The maximum absolute atomic E-state index is 14.5. The van der Waals surface area contributed by atoms with Crippen molar-refractivity contribution in [2.75, 3.05) is 12.4 Å². The highest BCUT2D eigenvalue weighted by molar-refractivity contribution is 6.88. The standard InChI is InChI=1S/C17H22FN3O2Si/c1-23-17(22)16-15(7-11(9-19)10-20-16)21-14-6-5-12(8-13(14)18)24(2,3)4/h5-8,10,21H,9,19H2,1-4H3. The van der Waals surface area contributed by atoms with E-state index in [1.54, 1.807) is 18.2 Å². The van der Waals surface area contributed by atoms with Gasteiger partial charge in [0.25, 0.3) is 0 Å². The minimum Gasteiger partial charge on any atom is -0.464 e. The molecule has 0 atom stereocenters. The highest BCUT2D eigenvalue weighted by Crippen LogP contribution is 2.23. The van der Waals surface area contributed by atoms with E-state index in [1.807, 2.05) is 6.07 Å². The molecular weight excluding hydrogens is 325 g/mol. The van der Waals surface area contributed by atoms with E-state index in [-0.39, 0.29) is 23.7 Å². The Bertz CT molecular complexity index is 760. The number of nitrogens with two attached hydrogens (primary N) is 1. The van der Waals surface area contributed by atoms with Gasteiger partial charge in [0.15, 0.2) is 5.69 Å². The van der Waals surface area contributed by atoms with Crippen LogP contribution >= 0.6 is 0 Å². The maximum Gasteiger partial charge on any atom is 0.358 e. The van der Waals surface area contributed by atoms with Gasteiger partial charge < -0.3 is 15.8 Å². The Kier molecular flexibility index (Phi) is 5.35. The number of halogens is 1. The Morgan fingerprint density at radius 2 is 2.00 bits per heavy atom. The molecule has 0 amide bonds. The molecule has 2 rings (SSSR count). The zero-order chi connectivity index (χ0) is 17.9. The van der Waals surface area contributed by atoms with Crippen molar-refractivity contribution >= 4 is 30.6 Å². The van der Waals surface area contributed by atoms with Gasteiger partial charge in [-0.3, -0.25) is 0 Å². The summed E-state index contributed by atoms with van der Waals surface area (Å²) in [7, 11) is -0.328. The summed E-state index contributed by atoms with van der Waals surface area (Å²) in [5.41, 5.74) is 7.07. The van der Waals surface area contributed by atoms with Gasteiger partial charge in [-0.1, -0.05) is 30.9 Å². The van der Waals surface area contributed by atoms with Gasteiger partial charge in [0, 0.05) is 12.7 Å². The van der Waals surface area contributed by atoms with Crippen LogP contribution in [0.2, 0.25) is 19.6 Å². The molecule has 1 heterocycles. The number of carbonyl (C=O) groups is 1. The van der Waals surface area contributed by atoms with Crippen molar-refractivity contribution in [1.82, 2.24) is 4.98 Å². The van der Waals surface area contributed by atoms with Gasteiger partial charge in [-0.25, -0.2) is 14.2 Å². The lowest BCUT2D eigenvalue weighted by Gasteiger charge is -2.18. The van der Waals surface area contributed by atoms with E-state index in [0.717, 1.165) is 10.8 Å². The first-order valence-electron chi connectivity index (χ1n) is 7.60. The van der Waals surface area contributed by atoms with Crippen LogP contribution in [0.3, 0.4) is 0 Å². The zero-order valence-corrected chi connectivity index (χ0v) is 15.3. The Balaban J connectivity index is 2.42. The van der Waals surface area contributed by atoms with Crippen LogP contribution in [0.15, 0.2) is 30.5 Å². The number of pyridine rings is 1. The lowest BCUT2D eigenvalue weighted by atomic mass is 10.2. The summed E-state index contributed by atoms with van der Waals surface area (Å²) in [5.74, 6) is -0.968. The second-order valence-electron chi connectivity index (χ2n) is 6.51. The monoisotopic (exact) mass is 347 g/mol. The quantitative estimate of drug-likeness (QED) is 0.642. The molecule has 5 nitrogen and oxygen atoms in total. The Labute approximate surface area is 142 Å². The van der Waals surface area contributed by atoms with Gasteiger partial charge >= 0.3 is 5.97 Å². The van der Waals surface area contributed by atoms with Crippen LogP contribution in [-0.2, 0) is 11.3 Å². The van der Waals surface area contributed by atoms with Crippen molar-refractivity contribution in [3.8, 4) is 0 Å². The van der Waals surface area contributed by atoms with Crippen LogP contribution in [0.4, 0.5) is 15.8 Å². The van der Waals surface area contributed by atoms with Crippen molar-refractivity contribution in [1.29, 1.82) is 0 Å². The van der Waals surface area contributed by atoms with Gasteiger partial charge in [-0.2, -0.15) is 0 Å². The minimum absolute atomic E-state index is 0.0865. The smallest absolute Gasteiger partial charge is 0.358 e. The molecule has 0 spiro atoms. The van der Waals surface area contributed by atoms with Crippen molar-refractivity contribution in [3.05, 3.63) is 47.5 Å². The average Bonchev–Trinajstić information content (AvgIpc) is 2.54. The largest absolute Gasteiger partial charge is 0.464 e.